The molecule has 0 saturated heterocycles. The Bertz CT molecular complexity index is 1190. The monoisotopic (exact) mass is 400 g/mol. The number of benzene rings is 2. The molecule has 0 spiro atoms. The number of para-hydroxylation sites is 2. The first kappa shape index (κ1) is 18.7. The highest BCUT2D eigenvalue weighted by Gasteiger charge is 2.33. The van der Waals surface area contributed by atoms with Gasteiger partial charge in [-0.15, -0.1) is 10.2 Å². The average molecular weight is 400 g/mol. The maximum absolute atomic E-state index is 13.1. The molecule has 0 radical (unpaired) electrons. The van der Waals surface area contributed by atoms with Crippen molar-refractivity contribution < 1.29 is 22.4 Å². The van der Waals surface area contributed by atoms with Gasteiger partial charge in [0.2, 0.25) is 17.7 Å². The van der Waals surface area contributed by atoms with Crippen LogP contribution in [0.25, 0.3) is 22.4 Å². The molecule has 0 aliphatic rings. The molecule has 1 N–H and O–H groups in total. The lowest BCUT2D eigenvalue weighted by Gasteiger charge is -2.14. The van der Waals surface area contributed by atoms with Gasteiger partial charge in [-0.25, -0.2) is 0 Å². The lowest BCUT2D eigenvalue weighted by molar-refractivity contribution is -0.137. The van der Waals surface area contributed by atoms with Gasteiger partial charge in [-0.2, -0.15) is 13.2 Å². The van der Waals surface area contributed by atoms with E-state index in [1.54, 1.807) is 29.8 Å². The summed E-state index contributed by atoms with van der Waals surface area (Å²) in [7, 11) is 0. The van der Waals surface area contributed by atoms with Crippen molar-refractivity contribution >= 4 is 22.5 Å². The minimum absolute atomic E-state index is 0.181. The summed E-state index contributed by atoms with van der Waals surface area (Å²) >= 11 is 0. The Morgan fingerprint density at radius 2 is 1.83 bits per heavy atom. The fourth-order valence-electron chi connectivity index (χ4n) is 3.14. The van der Waals surface area contributed by atoms with Crippen LogP contribution in [-0.2, 0) is 17.5 Å². The molecule has 0 aliphatic heterocycles. The van der Waals surface area contributed by atoms with Crippen LogP contribution in [0, 0.1) is 6.92 Å². The number of rotatable bonds is 4. The van der Waals surface area contributed by atoms with Crippen molar-refractivity contribution in [2.45, 2.75) is 19.6 Å². The SMILES string of the molecule is Cc1nnc(-c2cn(CC(=O)Nc3ccccc3C(F)(F)F)c3ccccc23)o1. The molecule has 2 aromatic heterocycles. The molecule has 2 aromatic carbocycles. The molecule has 29 heavy (non-hydrogen) atoms. The Morgan fingerprint density at radius 1 is 1.10 bits per heavy atom. The van der Waals surface area contributed by atoms with Gasteiger partial charge >= 0.3 is 6.18 Å². The number of nitrogens with one attached hydrogen (secondary N) is 1. The van der Waals surface area contributed by atoms with Crippen LogP contribution >= 0.6 is 0 Å². The van der Waals surface area contributed by atoms with E-state index < -0.39 is 17.6 Å². The van der Waals surface area contributed by atoms with E-state index in [0.29, 0.717) is 17.3 Å². The molecular weight excluding hydrogens is 385 g/mol. The predicted molar refractivity (Wildman–Crippen MR) is 100 cm³/mol. The van der Waals surface area contributed by atoms with Gasteiger partial charge in [0.1, 0.15) is 6.54 Å². The van der Waals surface area contributed by atoms with E-state index in [2.05, 4.69) is 15.5 Å². The van der Waals surface area contributed by atoms with Crippen molar-refractivity contribution in [2.75, 3.05) is 5.32 Å². The third-order valence-corrected chi connectivity index (χ3v) is 4.37. The van der Waals surface area contributed by atoms with Crippen LogP contribution in [-0.4, -0.2) is 20.7 Å². The summed E-state index contributed by atoms with van der Waals surface area (Å²) in [6, 6.07) is 12.1. The van der Waals surface area contributed by atoms with Crippen LogP contribution in [0.5, 0.6) is 0 Å². The van der Waals surface area contributed by atoms with Crippen LogP contribution < -0.4 is 5.32 Å². The Labute approximate surface area is 163 Å². The maximum atomic E-state index is 13.1. The summed E-state index contributed by atoms with van der Waals surface area (Å²) < 4.78 is 46.6. The zero-order chi connectivity index (χ0) is 20.6. The van der Waals surface area contributed by atoms with Crippen molar-refractivity contribution in [3.63, 3.8) is 0 Å². The van der Waals surface area contributed by atoms with Gasteiger partial charge in [0, 0.05) is 24.0 Å². The Hall–Kier alpha value is -3.62. The van der Waals surface area contributed by atoms with E-state index >= 15 is 0 Å². The van der Waals surface area contributed by atoms with Gasteiger partial charge in [-0.1, -0.05) is 30.3 Å². The van der Waals surface area contributed by atoms with Crippen LogP contribution in [0.4, 0.5) is 18.9 Å². The van der Waals surface area contributed by atoms with Crippen LogP contribution in [0.1, 0.15) is 11.5 Å². The second-order valence-electron chi connectivity index (χ2n) is 6.41. The van der Waals surface area contributed by atoms with Gasteiger partial charge in [0.25, 0.3) is 0 Å². The van der Waals surface area contributed by atoms with Crippen molar-refractivity contribution in [1.29, 1.82) is 0 Å². The van der Waals surface area contributed by atoms with E-state index in [1.165, 1.54) is 18.2 Å². The van der Waals surface area contributed by atoms with E-state index in [0.717, 1.165) is 17.0 Å². The number of halogens is 3. The van der Waals surface area contributed by atoms with Crippen molar-refractivity contribution in [1.82, 2.24) is 14.8 Å². The molecule has 0 bridgehead atoms. The molecule has 6 nitrogen and oxygen atoms in total. The van der Waals surface area contributed by atoms with Gasteiger partial charge in [-0.05, 0) is 18.2 Å². The molecule has 0 saturated carbocycles. The molecule has 0 atom stereocenters. The fourth-order valence-corrected chi connectivity index (χ4v) is 3.14. The van der Waals surface area contributed by atoms with Crippen LogP contribution in [0.2, 0.25) is 0 Å². The molecule has 9 heteroatoms. The second kappa shape index (κ2) is 7.08. The molecular formula is C20H15F3N4O2. The lowest BCUT2D eigenvalue weighted by Crippen LogP contribution is -2.20. The summed E-state index contributed by atoms with van der Waals surface area (Å²) in [6.07, 6.45) is -2.89. The number of aromatic nitrogens is 3. The normalized spacial score (nSPS) is 11.7. The number of anilines is 1. The number of nitrogens with zero attached hydrogens (tertiary/aromatic N) is 3. The van der Waals surface area contributed by atoms with E-state index in [9.17, 15) is 18.0 Å². The number of fused-ring (bicyclic) bond motifs is 1. The second-order valence-corrected chi connectivity index (χ2v) is 6.41. The highest BCUT2D eigenvalue weighted by atomic mass is 19.4. The zero-order valence-electron chi connectivity index (χ0n) is 15.2. The fraction of sp³-hybridized carbons (Fsp3) is 0.150. The smallest absolute Gasteiger partial charge is 0.418 e. The van der Waals surface area contributed by atoms with E-state index in [-0.39, 0.29) is 12.2 Å². The molecule has 148 valence electrons. The van der Waals surface area contributed by atoms with Gasteiger partial charge in [-0.3, -0.25) is 4.79 Å². The minimum Gasteiger partial charge on any atom is -0.421 e. The highest BCUT2D eigenvalue weighted by molar-refractivity contribution is 5.97. The molecule has 0 fully saturated rings. The number of hydrogen-bond acceptors (Lipinski definition) is 4. The topological polar surface area (TPSA) is 73.0 Å². The van der Waals surface area contributed by atoms with Crippen LogP contribution in [0.15, 0.2) is 59.1 Å². The predicted octanol–water partition coefficient (Wildman–Crippen LogP) is 4.66. The average Bonchev–Trinajstić information content (AvgIpc) is 3.25. The lowest BCUT2D eigenvalue weighted by atomic mass is 10.1. The molecule has 1 amide bonds. The first-order valence-electron chi connectivity index (χ1n) is 8.67. The zero-order valence-corrected chi connectivity index (χ0v) is 15.2. The highest BCUT2D eigenvalue weighted by Crippen LogP contribution is 2.35. The quantitative estimate of drug-likeness (QED) is 0.541. The maximum Gasteiger partial charge on any atom is 0.418 e. The summed E-state index contributed by atoms with van der Waals surface area (Å²) in [5.74, 6) is 0.120. The standard InChI is InChI=1S/C20H15F3N4O2/c1-12-25-26-19(29-12)14-10-27(17-9-5-2-6-13(14)17)11-18(28)24-16-8-4-3-7-15(16)20(21,22)23/h2-10H,11H2,1H3,(H,24,28). The van der Waals surface area contributed by atoms with Crippen LogP contribution in [0.3, 0.4) is 0 Å². The first-order valence-corrected chi connectivity index (χ1v) is 8.67. The molecule has 4 rings (SSSR count). The summed E-state index contributed by atoms with van der Waals surface area (Å²) in [6.45, 7) is 1.49. The largest absolute Gasteiger partial charge is 0.421 e. The van der Waals surface area contributed by atoms with Crippen molar-refractivity contribution in [3.8, 4) is 11.5 Å². The molecule has 4 aromatic rings. The number of amides is 1. The van der Waals surface area contributed by atoms with Crippen molar-refractivity contribution in [3.05, 3.63) is 66.2 Å². The molecule has 0 unspecified atom stereocenters. The number of alkyl halides is 3. The number of aryl methyl sites for hydroxylation is 1. The summed E-state index contributed by atoms with van der Waals surface area (Å²) in [4.78, 5) is 12.5. The third kappa shape index (κ3) is 3.71. The summed E-state index contributed by atoms with van der Waals surface area (Å²) in [5.41, 5.74) is 0.184. The van der Waals surface area contributed by atoms with E-state index in [4.69, 9.17) is 4.42 Å². The molecule has 2 heterocycles. The first-order chi connectivity index (χ1) is 13.8. The number of carbonyl (C=O) groups excluding carboxylic acids is 1. The number of hydrogen-bond donors (Lipinski definition) is 1. The molecule has 0 aliphatic carbocycles. The Kier molecular flexibility index (Phi) is 4.57. The van der Waals surface area contributed by atoms with Gasteiger partial charge < -0.3 is 14.3 Å². The Morgan fingerprint density at radius 3 is 2.55 bits per heavy atom. The van der Waals surface area contributed by atoms with Gasteiger partial charge in [0.05, 0.1) is 16.8 Å². The summed E-state index contributed by atoms with van der Waals surface area (Å²) in [5, 5.41) is 11.0. The van der Waals surface area contributed by atoms with Gasteiger partial charge in [0.15, 0.2) is 0 Å². The van der Waals surface area contributed by atoms with E-state index in [1.807, 2.05) is 12.1 Å². The Balaban J connectivity index is 1.65. The third-order valence-electron chi connectivity index (χ3n) is 4.37. The van der Waals surface area contributed by atoms with Crippen molar-refractivity contribution in [2.24, 2.45) is 0 Å². The minimum atomic E-state index is -4.56. The number of carbonyl (C=O) groups is 1.